The molecule has 1 unspecified atom stereocenters. The lowest BCUT2D eigenvalue weighted by molar-refractivity contribution is -0.132. The normalized spacial score (nSPS) is 19.7. The van der Waals surface area contributed by atoms with Crippen LogP contribution < -0.4 is 10.2 Å². The molecule has 0 spiro atoms. The molecule has 2 aliphatic rings. The number of fused-ring (bicyclic) bond motifs is 6. The van der Waals surface area contributed by atoms with Crippen LogP contribution >= 0.6 is 0 Å². The summed E-state index contributed by atoms with van der Waals surface area (Å²) in [5.74, 6) is 0.535. The van der Waals surface area contributed by atoms with Crippen LogP contribution in [-0.4, -0.2) is 90.5 Å². The predicted octanol–water partition coefficient (Wildman–Crippen LogP) is 4.61. The minimum Gasteiger partial charge on any atom is -0.378 e. The number of rotatable bonds is 4. The zero-order chi connectivity index (χ0) is 33.8. The van der Waals surface area contributed by atoms with E-state index in [1.54, 1.807) is 25.3 Å². The molecule has 1 N–H and O–H groups in total. The molecular formula is C35H34F2N10O2. The largest absolute Gasteiger partial charge is 0.378 e. The summed E-state index contributed by atoms with van der Waals surface area (Å²) in [5.41, 5.74) is 4.02. The Morgan fingerprint density at radius 1 is 1.02 bits per heavy atom. The number of para-hydroxylation sites is 1. The van der Waals surface area contributed by atoms with Gasteiger partial charge in [0.05, 0.1) is 41.0 Å². The number of carbonyl (C=O) groups is 1. The van der Waals surface area contributed by atoms with Crippen molar-refractivity contribution < 1.29 is 18.3 Å². The summed E-state index contributed by atoms with van der Waals surface area (Å²) < 4.78 is 38.0. The van der Waals surface area contributed by atoms with Crippen molar-refractivity contribution >= 4 is 39.6 Å². The van der Waals surface area contributed by atoms with E-state index in [0.717, 1.165) is 40.6 Å². The van der Waals surface area contributed by atoms with Gasteiger partial charge < -0.3 is 24.4 Å². The maximum atomic E-state index is 14.8. The number of nitrogens with one attached hydrogen (secondary N) is 1. The lowest BCUT2D eigenvalue weighted by Crippen LogP contribution is -2.47. The molecule has 1 amide bonds. The molecule has 6 aromatic rings. The molecule has 0 saturated carbocycles. The summed E-state index contributed by atoms with van der Waals surface area (Å²) in [6.07, 6.45) is 3.79. The molecule has 4 aromatic heterocycles. The Hall–Kier alpha value is -5.50. The lowest BCUT2D eigenvalue weighted by atomic mass is 10.1. The number of benzene rings is 2. The monoisotopic (exact) mass is 664 g/mol. The number of hydrogen-bond donors (Lipinski definition) is 1. The van der Waals surface area contributed by atoms with Gasteiger partial charge in [-0.05, 0) is 36.8 Å². The predicted molar refractivity (Wildman–Crippen MR) is 181 cm³/mol. The highest BCUT2D eigenvalue weighted by molar-refractivity contribution is 5.93. The van der Waals surface area contributed by atoms with Crippen molar-refractivity contribution in [2.24, 2.45) is 0 Å². The Morgan fingerprint density at radius 3 is 2.69 bits per heavy atom. The summed E-state index contributed by atoms with van der Waals surface area (Å²) in [4.78, 5) is 37.0. The van der Waals surface area contributed by atoms with Gasteiger partial charge in [-0.3, -0.25) is 4.79 Å². The maximum Gasteiger partial charge on any atom is 0.245 e. The van der Waals surface area contributed by atoms with E-state index in [2.05, 4.69) is 37.9 Å². The van der Waals surface area contributed by atoms with Crippen molar-refractivity contribution in [3.63, 3.8) is 0 Å². The van der Waals surface area contributed by atoms with E-state index in [-0.39, 0.29) is 23.7 Å². The zero-order valence-electron chi connectivity index (χ0n) is 27.2. The van der Waals surface area contributed by atoms with E-state index in [0.29, 0.717) is 48.7 Å². The van der Waals surface area contributed by atoms with Crippen LogP contribution in [0.25, 0.3) is 39.0 Å². The van der Waals surface area contributed by atoms with Crippen LogP contribution in [0.15, 0.2) is 67.1 Å². The first-order chi connectivity index (χ1) is 23.8. The van der Waals surface area contributed by atoms with Gasteiger partial charge in [-0.15, -0.1) is 0 Å². The molecule has 0 radical (unpaired) electrons. The summed E-state index contributed by atoms with van der Waals surface area (Å²) in [6.45, 7) is 3.34. The van der Waals surface area contributed by atoms with Crippen molar-refractivity contribution in [2.45, 2.75) is 44.5 Å². The number of nitrogens with zero attached hydrogens (tertiary/aromatic N) is 9. The first-order valence-electron chi connectivity index (χ1n) is 16.2. The zero-order valence-corrected chi connectivity index (χ0v) is 27.2. The minimum atomic E-state index is -0.772. The van der Waals surface area contributed by atoms with Crippen molar-refractivity contribution in [2.75, 3.05) is 37.5 Å². The molecule has 1 saturated heterocycles. The number of carbonyl (C=O) groups excluding carboxylic acids is 1. The van der Waals surface area contributed by atoms with E-state index >= 15 is 0 Å². The van der Waals surface area contributed by atoms with Crippen LogP contribution in [0.1, 0.15) is 19.2 Å². The van der Waals surface area contributed by atoms with Crippen LogP contribution in [0.2, 0.25) is 0 Å². The molecule has 49 heavy (non-hydrogen) atoms. The van der Waals surface area contributed by atoms with Crippen LogP contribution in [0.5, 0.6) is 0 Å². The van der Waals surface area contributed by atoms with Crippen molar-refractivity contribution in [3.8, 4) is 16.9 Å². The third kappa shape index (κ3) is 5.32. The van der Waals surface area contributed by atoms with Crippen molar-refractivity contribution in [1.82, 2.24) is 39.2 Å². The number of anilines is 2. The van der Waals surface area contributed by atoms with Gasteiger partial charge >= 0.3 is 0 Å². The SMILES string of the molecule is CCc1nc2cccc3c2n1CC(OC)CN(C)C(=O)[C@@H]1C[C@@H](CN1c1ncnc2c1cnn2-c1ccc(F)cc1F)Nc1cccc-3n1. The molecule has 2 aromatic carbocycles. The molecule has 250 valence electrons. The molecule has 6 heterocycles. The molecule has 2 aliphatic heterocycles. The number of pyridine rings is 1. The van der Waals surface area contributed by atoms with Gasteiger partial charge in [-0.2, -0.15) is 5.10 Å². The van der Waals surface area contributed by atoms with Gasteiger partial charge in [-0.25, -0.2) is 33.4 Å². The van der Waals surface area contributed by atoms with Crippen LogP contribution in [0.4, 0.5) is 20.4 Å². The highest BCUT2D eigenvalue weighted by Crippen LogP contribution is 2.34. The fourth-order valence-electron chi connectivity index (χ4n) is 7.14. The summed E-state index contributed by atoms with van der Waals surface area (Å²) in [5, 5.41) is 8.50. The number of halogens is 2. The summed E-state index contributed by atoms with van der Waals surface area (Å²) >= 11 is 0. The Morgan fingerprint density at radius 2 is 1.88 bits per heavy atom. The van der Waals surface area contributed by atoms with Crippen molar-refractivity contribution in [3.05, 3.63) is 84.6 Å². The van der Waals surface area contributed by atoms with Gasteiger partial charge in [-0.1, -0.05) is 25.1 Å². The Balaban J connectivity index is 1.22. The number of likely N-dealkylation sites (N-methyl/N-ethyl adjacent to an activating group) is 1. The van der Waals surface area contributed by atoms with Gasteiger partial charge in [0, 0.05) is 51.3 Å². The van der Waals surface area contributed by atoms with Crippen LogP contribution in [-0.2, 0) is 22.5 Å². The summed E-state index contributed by atoms with van der Waals surface area (Å²) in [7, 11) is 3.45. The minimum absolute atomic E-state index is 0.0513. The molecule has 3 atom stereocenters. The fourth-order valence-corrected chi connectivity index (χ4v) is 7.14. The number of aromatic nitrogens is 7. The maximum absolute atomic E-state index is 14.8. The van der Waals surface area contributed by atoms with Gasteiger partial charge in [0.15, 0.2) is 11.5 Å². The van der Waals surface area contributed by atoms with Gasteiger partial charge in [0.25, 0.3) is 0 Å². The number of amides is 1. The number of methoxy groups -OCH3 is 1. The average Bonchev–Trinajstić information content (AvgIpc) is 3.82. The van der Waals surface area contributed by atoms with Crippen LogP contribution in [0.3, 0.4) is 0 Å². The fraction of sp³-hybridized carbons (Fsp3) is 0.314. The van der Waals surface area contributed by atoms with E-state index in [9.17, 15) is 13.6 Å². The number of imidazole rings is 1. The first kappa shape index (κ1) is 30.8. The standard InChI is InChI=1S/C35H34F2N10O2/c1-4-31-43-27-9-5-7-23-26-8-6-10-30(42-26)41-21-14-29(35(48)44(2)17-22(49-3)18-46(31)32(23)27)45(16-21)33-24-15-40-47(34(24)39-19-38-33)28-12-11-20(36)13-25(28)37/h5-13,15,19,21-22,29H,4,14,16-18H2,1-3H3,(H,41,42)/t21-,22?,29-/m0/s1. The number of ether oxygens (including phenoxy) is 1. The third-order valence-corrected chi connectivity index (χ3v) is 9.45. The third-order valence-electron chi connectivity index (χ3n) is 9.45. The number of hydrogen-bond acceptors (Lipinski definition) is 9. The Kier molecular flexibility index (Phi) is 7.66. The molecule has 8 rings (SSSR count). The highest BCUT2D eigenvalue weighted by Gasteiger charge is 2.41. The van der Waals surface area contributed by atoms with Crippen LogP contribution in [0, 0.1) is 11.6 Å². The van der Waals surface area contributed by atoms with E-state index in [1.807, 2.05) is 35.2 Å². The molecule has 1 fully saturated rings. The molecule has 4 bridgehead atoms. The van der Waals surface area contributed by atoms with E-state index in [1.165, 1.54) is 23.1 Å². The highest BCUT2D eigenvalue weighted by atomic mass is 19.1. The van der Waals surface area contributed by atoms with E-state index < -0.39 is 17.7 Å². The second-order valence-corrected chi connectivity index (χ2v) is 12.5. The quantitative estimate of drug-likeness (QED) is 0.288. The molecule has 0 aliphatic carbocycles. The molecule has 14 heteroatoms. The van der Waals surface area contributed by atoms with Gasteiger partial charge in [0.2, 0.25) is 5.91 Å². The van der Waals surface area contributed by atoms with E-state index in [4.69, 9.17) is 14.7 Å². The molecule has 12 nitrogen and oxygen atoms in total. The summed E-state index contributed by atoms with van der Waals surface area (Å²) in [6, 6.07) is 14.5. The Labute approximate surface area is 280 Å². The molecular weight excluding hydrogens is 630 g/mol. The first-order valence-corrected chi connectivity index (χ1v) is 16.2. The lowest BCUT2D eigenvalue weighted by Gasteiger charge is -2.31. The second-order valence-electron chi connectivity index (χ2n) is 12.5. The second kappa shape index (κ2) is 12.2. The topological polar surface area (TPSA) is 119 Å². The smallest absolute Gasteiger partial charge is 0.245 e. The number of aryl methyl sites for hydroxylation is 1. The van der Waals surface area contributed by atoms with Crippen molar-refractivity contribution in [1.29, 1.82) is 0 Å². The average molecular weight is 665 g/mol. The van der Waals surface area contributed by atoms with Gasteiger partial charge in [0.1, 0.15) is 41.3 Å². The Bertz CT molecular complexity index is 2220.